The first-order chi connectivity index (χ1) is 11.1. The van der Waals surface area contributed by atoms with Crippen LogP contribution in [0.4, 0.5) is 0 Å². The number of hydrogen-bond acceptors (Lipinski definition) is 4. The second-order valence-corrected chi connectivity index (χ2v) is 7.08. The van der Waals surface area contributed by atoms with E-state index in [4.69, 9.17) is 0 Å². The van der Waals surface area contributed by atoms with Crippen LogP contribution in [-0.4, -0.2) is 14.5 Å². The van der Waals surface area contributed by atoms with Crippen LogP contribution in [0.2, 0.25) is 0 Å². The van der Waals surface area contributed by atoms with E-state index >= 15 is 0 Å². The van der Waals surface area contributed by atoms with E-state index < -0.39 is 0 Å². The lowest BCUT2D eigenvalue weighted by Gasteiger charge is -2.05. The van der Waals surface area contributed by atoms with Crippen LogP contribution in [-0.2, 0) is 0 Å². The maximum absolute atomic E-state index is 12.8. The van der Waals surface area contributed by atoms with Crippen molar-refractivity contribution in [2.45, 2.75) is 6.92 Å². The molecular formula is C16H10BrN3O2S. The second kappa shape index (κ2) is 5.14. The van der Waals surface area contributed by atoms with Crippen molar-refractivity contribution in [3.8, 4) is 5.69 Å². The summed E-state index contributed by atoms with van der Waals surface area (Å²) in [6.45, 7) is 1.99. The number of fused-ring (bicyclic) bond motifs is 3. The molecule has 4 rings (SSSR count). The quantitative estimate of drug-likeness (QED) is 0.544. The van der Waals surface area contributed by atoms with Crippen LogP contribution in [0.3, 0.4) is 0 Å². The van der Waals surface area contributed by atoms with Gasteiger partial charge in [0.2, 0.25) is 5.43 Å². The number of pyridine rings is 1. The zero-order chi connectivity index (χ0) is 16.1. The Morgan fingerprint density at radius 3 is 2.70 bits per heavy atom. The molecule has 0 atom stereocenters. The summed E-state index contributed by atoms with van der Waals surface area (Å²) >= 11 is 4.46. The molecule has 0 amide bonds. The summed E-state index contributed by atoms with van der Waals surface area (Å²) < 4.78 is 2.39. The first-order valence-corrected chi connectivity index (χ1v) is 8.45. The number of thiophene rings is 1. The Morgan fingerprint density at radius 2 is 1.96 bits per heavy atom. The van der Waals surface area contributed by atoms with Crippen molar-refractivity contribution in [2.75, 3.05) is 0 Å². The van der Waals surface area contributed by atoms with Crippen LogP contribution >= 0.6 is 27.3 Å². The molecule has 114 valence electrons. The minimum Gasteiger partial charge on any atom is -0.352 e. The van der Waals surface area contributed by atoms with E-state index in [1.54, 1.807) is 6.20 Å². The summed E-state index contributed by atoms with van der Waals surface area (Å²) in [5.74, 6) is 0. The number of aryl methyl sites for hydroxylation is 1. The third-order valence-corrected chi connectivity index (χ3v) is 5.37. The SMILES string of the molecule is Cc1ccc(-n2cnc3c(sc4[nH]cc(Br)c(=O)c43)c2=O)cc1. The molecule has 7 heteroatoms. The molecule has 0 aliphatic rings. The van der Waals surface area contributed by atoms with E-state index in [2.05, 4.69) is 25.9 Å². The van der Waals surface area contributed by atoms with E-state index in [-0.39, 0.29) is 11.0 Å². The summed E-state index contributed by atoms with van der Waals surface area (Å²) in [5, 5.41) is 0.451. The van der Waals surface area contributed by atoms with E-state index in [1.807, 2.05) is 31.2 Å². The number of rotatable bonds is 1. The molecule has 0 saturated heterocycles. The van der Waals surface area contributed by atoms with Gasteiger partial charge in [0.15, 0.2) is 0 Å². The predicted molar refractivity (Wildman–Crippen MR) is 95.8 cm³/mol. The second-order valence-electron chi connectivity index (χ2n) is 5.20. The van der Waals surface area contributed by atoms with Gasteiger partial charge < -0.3 is 4.98 Å². The van der Waals surface area contributed by atoms with Crippen LogP contribution in [0.5, 0.6) is 0 Å². The molecular weight excluding hydrogens is 378 g/mol. The summed E-state index contributed by atoms with van der Waals surface area (Å²) in [5.41, 5.74) is 1.97. The van der Waals surface area contributed by atoms with Gasteiger partial charge in [-0.05, 0) is 35.0 Å². The zero-order valence-electron chi connectivity index (χ0n) is 12.0. The normalized spacial score (nSPS) is 11.4. The lowest BCUT2D eigenvalue weighted by atomic mass is 10.2. The smallest absolute Gasteiger partial charge is 0.275 e. The van der Waals surface area contributed by atoms with Crippen LogP contribution in [0, 0.1) is 6.92 Å². The highest BCUT2D eigenvalue weighted by Crippen LogP contribution is 2.27. The number of H-pyrrole nitrogens is 1. The van der Waals surface area contributed by atoms with Gasteiger partial charge in [-0.1, -0.05) is 17.7 Å². The number of nitrogens with one attached hydrogen (secondary N) is 1. The van der Waals surface area contributed by atoms with Crippen molar-refractivity contribution in [1.29, 1.82) is 0 Å². The molecule has 3 heterocycles. The van der Waals surface area contributed by atoms with Crippen LogP contribution in [0.25, 0.3) is 26.1 Å². The van der Waals surface area contributed by atoms with Gasteiger partial charge in [0.25, 0.3) is 5.56 Å². The van der Waals surface area contributed by atoms with E-state index in [0.29, 0.717) is 24.9 Å². The van der Waals surface area contributed by atoms with Gasteiger partial charge in [0.05, 0.1) is 15.5 Å². The molecule has 0 aliphatic heterocycles. The Labute approximate surface area is 142 Å². The third kappa shape index (κ3) is 2.15. The lowest BCUT2D eigenvalue weighted by molar-refractivity contribution is 0.966. The fourth-order valence-corrected chi connectivity index (χ4v) is 3.85. The predicted octanol–water partition coefficient (Wildman–Crippen LogP) is 3.36. The summed E-state index contributed by atoms with van der Waals surface area (Å²) in [6.07, 6.45) is 3.06. The molecule has 0 fully saturated rings. The fraction of sp³-hybridized carbons (Fsp3) is 0.0625. The van der Waals surface area contributed by atoms with Crippen molar-refractivity contribution < 1.29 is 0 Å². The third-order valence-electron chi connectivity index (χ3n) is 3.68. The Hall–Kier alpha value is -2.25. The average molecular weight is 388 g/mol. The number of aromatic nitrogens is 3. The molecule has 5 nitrogen and oxygen atoms in total. The largest absolute Gasteiger partial charge is 0.352 e. The monoisotopic (exact) mass is 387 g/mol. The van der Waals surface area contributed by atoms with Gasteiger partial charge in [-0.25, -0.2) is 4.98 Å². The van der Waals surface area contributed by atoms with Gasteiger partial charge in [0.1, 0.15) is 21.4 Å². The summed E-state index contributed by atoms with van der Waals surface area (Å²) in [6, 6.07) is 7.63. The average Bonchev–Trinajstić information content (AvgIpc) is 2.93. The Kier molecular flexibility index (Phi) is 3.21. The number of hydrogen-bond donors (Lipinski definition) is 1. The molecule has 0 radical (unpaired) electrons. The van der Waals surface area contributed by atoms with E-state index in [9.17, 15) is 9.59 Å². The first-order valence-electron chi connectivity index (χ1n) is 6.84. The lowest BCUT2D eigenvalue weighted by Crippen LogP contribution is -2.17. The number of aromatic amines is 1. The van der Waals surface area contributed by atoms with Crippen molar-refractivity contribution in [3.05, 3.63) is 67.4 Å². The molecule has 1 aromatic carbocycles. The molecule has 1 N–H and O–H groups in total. The highest BCUT2D eigenvalue weighted by atomic mass is 79.9. The molecule has 0 saturated carbocycles. The van der Waals surface area contributed by atoms with Crippen molar-refractivity contribution in [1.82, 2.24) is 14.5 Å². The molecule has 3 aromatic heterocycles. The number of halogens is 1. The molecule has 23 heavy (non-hydrogen) atoms. The maximum atomic E-state index is 12.8. The standard InChI is InChI=1S/C16H10BrN3O2S/c1-8-2-4-9(5-3-8)20-7-19-12-11-13(21)10(17)6-18-15(11)23-14(12)16(20)22/h2-7H,1H3,(H,18,21). The molecule has 0 spiro atoms. The van der Waals surface area contributed by atoms with Crippen LogP contribution < -0.4 is 11.0 Å². The topological polar surface area (TPSA) is 67.8 Å². The Morgan fingerprint density at radius 1 is 1.22 bits per heavy atom. The first kappa shape index (κ1) is 14.3. The van der Waals surface area contributed by atoms with Crippen molar-refractivity contribution in [2.24, 2.45) is 0 Å². The maximum Gasteiger partial charge on any atom is 0.275 e. The Balaban J connectivity index is 2.08. The van der Waals surface area contributed by atoms with Gasteiger partial charge in [-0.2, -0.15) is 0 Å². The summed E-state index contributed by atoms with van der Waals surface area (Å²) in [4.78, 5) is 33.1. The number of nitrogens with zero attached hydrogens (tertiary/aromatic N) is 2. The van der Waals surface area contributed by atoms with Crippen LogP contribution in [0.1, 0.15) is 5.56 Å². The van der Waals surface area contributed by atoms with Crippen molar-refractivity contribution in [3.63, 3.8) is 0 Å². The molecule has 0 aliphatic carbocycles. The number of benzene rings is 1. The van der Waals surface area contributed by atoms with Gasteiger partial charge in [-0.15, -0.1) is 11.3 Å². The molecule has 4 aromatic rings. The zero-order valence-corrected chi connectivity index (χ0v) is 14.4. The highest BCUT2D eigenvalue weighted by molar-refractivity contribution is 9.10. The van der Waals surface area contributed by atoms with Crippen LogP contribution in [0.15, 0.2) is 50.9 Å². The van der Waals surface area contributed by atoms with E-state index in [0.717, 1.165) is 11.3 Å². The fourth-order valence-electron chi connectivity index (χ4n) is 2.48. The van der Waals surface area contributed by atoms with Crippen molar-refractivity contribution >= 4 is 47.7 Å². The molecule has 0 bridgehead atoms. The highest BCUT2D eigenvalue weighted by Gasteiger charge is 2.16. The minimum absolute atomic E-state index is 0.162. The Bertz CT molecular complexity index is 1170. The van der Waals surface area contributed by atoms with Gasteiger partial charge in [-0.3, -0.25) is 14.2 Å². The minimum atomic E-state index is -0.177. The van der Waals surface area contributed by atoms with E-state index in [1.165, 1.54) is 22.2 Å². The molecule has 0 unspecified atom stereocenters. The van der Waals surface area contributed by atoms with Gasteiger partial charge >= 0.3 is 0 Å². The summed E-state index contributed by atoms with van der Waals surface area (Å²) in [7, 11) is 0. The van der Waals surface area contributed by atoms with Gasteiger partial charge in [0, 0.05) is 6.20 Å².